The van der Waals surface area contributed by atoms with Crippen LogP contribution >= 0.6 is 0 Å². The summed E-state index contributed by atoms with van der Waals surface area (Å²) in [5.74, 6) is 0. The van der Waals surface area contributed by atoms with Crippen LogP contribution in [0.4, 0.5) is 11.4 Å². The van der Waals surface area contributed by atoms with Gasteiger partial charge in [0, 0.05) is 24.3 Å². The van der Waals surface area contributed by atoms with Gasteiger partial charge in [-0.15, -0.1) is 0 Å². The van der Waals surface area contributed by atoms with Gasteiger partial charge in [-0.2, -0.15) is 4.79 Å². The van der Waals surface area contributed by atoms with Gasteiger partial charge in [0.25, 0.3) is 11.4 Å². The van der Waals surface area contributed by atoms with Gasteiger partial charge in [-0.25, -0.2) is 0 Å². The molecule has 104 valence electrons. The monoisotopic (exact) mass is 284 g/mol. The second kappa shape index (κ2) is 5.72. The second-order valence-electron chi connectivity index (χ2n) is 4.06. The van der Waals surface area contributed by atoms with E-state index < -0.39 is 9.85 Å². The van der Waals surface area contributed by atoms with Gasteiger partial charge >= 0.3 is 5.71 Å². The van der Waals surface area contributed by atoms with Crippen LogP contribution in [0.3, 0.4) is 0 Å². The molecule has 0 aliphatic rings. The summed E-state index contributed by atoms with van der Waals surface area (Å²) in [6.07, 6.45) is 0. The molecule has 2 aromatic carbocycles. The van der Waals surface area contributed by atoms with Crippen molar-refractivity contribution in [3.05, 3.63) is 85.4 Å². The second-order valence-corrected chi connectivity index (χ2v) is 4.06. The zero-order valence-corrected chi connectivity index (χ0v) is 10.5. The minimum absolute atomic E-state index is 0.0161. The summed E-state index contributed by atoms with van der Waals surface area (Å²) in [5, 5.41) is 21.5. The molecule has 0 spiro atoms. The van der Waals surface area contributed by atoms with E-state index in [1.807, 2.05) is 0 Å². The Bertz CT molecular complexity index is 722. The van der Waals surface area contributed by atoms with Gasteiger partial charge in [0.1, 0.15) is 0 Å². The summed E-state index contributed by atoms with van der Waals surface area (Å²) in [6, 6.07) is 11.0. The van der Waals surface area contributed by atoms with Gasteiger partial charge < -0.3 is 5.53 Å². The molecule has 0 radical (unpaired) electrons. The van der Waals surface area contributed by atoms with Crippen molar-refractivity contribution in [3.63, 3.8) is 0 Å². The van der Waals surface area contributed by atoms with E-state index >= 15 is 0 Å². The lowest BCUT2D eigenvalue weighted by Crippen LogP contribution is -2.05. The summed E-state index contributed by atoms with van der Waals surface area (Å²) >= 11 is 0. The topological polar surface area (TPSA) is 123 Å². The Morgan fingerprint density at radius 2 is 1.33 bits per heavy atom. The first-order valence-electron chi connectivity index (χ1n) is 5.74. The van der Waals surface area contributed by atoms with Gasteiger partial charge in [-0.05, 0) is 12.1 Å². The van der Waals surface area contributed by atoms with Crippen LogP contribution in [0.25, 0.3) is 5.53 Å². The molecule has 8 heteroatoms. The molecule has 8 nitrogen and oxygen atoms in total. The maximum atomic E-state index is 10.8. The molecule has 21 heavy (non-hydrogen) atoms. The molecular formula is C13H8N4O4. The lowest BCUT2D eigenvalue weighted by atomic mass is 10.0. The average molecular weight is 284 g/mol. The third kappa shape index (κ3) is 2.96. The smallest absolute Gasteiger partial charge is 0.330 e. The normalized spacial score (nSPS) is 9.71. The van der Waals surface area contributed by atoms with Gasteiger partial charge in [0.2, 0.25) is 0 Å². The van der Waals surface area contributed by atoms with E-state index in [9.17, 15) is 20.2 Å². The highest BCUT2D eigenvalue weighted by Gasteiger charge is 2.20. The maximum absolute atomic E-state index is 10.8. The first-order chi connectivity index (χ1) is 10.0. The summed E-state index contributed by atoms with van der Waals surface area (Å²) in [4.78, 5) is 23.5. The van der Waals surface area contributed by atoms with Gasteiger partial charge in [0.15, 0.2) is 0 Å². The zero-order valence-electron chi connectivity index (χ0n) is 10.5. The third-order valence-electron chi connectivity index (χ3n) is 2.76. The van der Waals surface area contributed by atoms with E-state index in [0.717, 1.165) is 0 Å². The highest BCUT2D eigenvalue weighted by atomic mass is 16.6. The molecule has 0 amide bonds. The number of hydrogen-bond acceptors (Lipinski definition) is 4. The molecule has 2 aromatic rings. The van der Waals surface area contributed by atoms with Crippen molar-refractivity contribution >= 4 is 17.1 Å². The largest absolute Gasteiger partial charge is 0.361 e. The van der Waals surface area contributed by atoms with E-state index in [2.05, 4.69) is 4.79 Å². The lowest BCUT2D eigenvalue weighted by Gasteiger charge is -1.98. The van der Waals surface area contributed by atoms with Gasteiger partial charge in [-0.1, -0.05) is 12.1 Å². The Labute approximate surface area is 118 Å². The molecule has 0 heterocycles. The summed E-state index contributed by atoms with van der Waals surface area (Å²) in [7, 11) is 0. The van der Waals surface area contributed by atoms with Crippen molar-refractivity contribution in [1.82, 2.24) is 0 Å². The fourth-order valence-corrected chi connectivity index (χ4v) is 1.82. The molecule has 0 fully saturated rings. The van der Waals surface area contributed by atoms with Crippen LogP contribution in [-0.2, 0) is 0 Å². The number of benzene rings is 2. The van der Waals surface area contributed by atoms with Crippen molar-refractivity contribution in [2.24, 2.45) is 0 Å². The fourth-order valence-electron chi connectivity index (χ4n) is 1.82. The van der Waals surface area contributed by atoms with Crippen LogP contribution in [0.5, 0.6) is 0 Å². The molecule has 0 unspecified atom stereocenters. The summed E-state index contributed by atoms with van der Waals surface area (Å²) in [5.41, 5.74) is 9.39. The molecule has 0 aliphatic carbocycles. The minimum Gasteiger partial charge on any atom is -0.361 e. The Morgan fingerprint density at radius 1 is 0.905 bits per heavy atom. The summed E-state index contributed by atoms with van der Waals surface area (Å²) in [6.45, 7) is 0. The summed E-state index contributed by atoms with van der Waals surface area (Å²) < 4.78 is 0. The Kier molecular flexibility index (Phi) is 3.83. The van der Waals surface area contributed by atoms with Gasteiger partial charge in [-0.3, -0.25) is 20.2 Å². The minimum atomic E-state index is -0.577. The SMILES string of the molecule is [N-]=[N+]=C(c1cccc([N+](=O)[O-])c1)c1cccc([N+](=O)[O-])c1. The maximum Gasteiger partial charge on any atom is 0.330 e. The molecule has 0 saturated heterocycles. The molecule has 2 rings (SSSR count). The molecule has 0 bridgehead atoms. The predicted molar refractivity (Wildman–Crippen MR) is 73.0 cm³/mol. The fraction of sp³-hybridized carbons (Fsp3) is 0. The van der Waals surface area contributed by atoms with E-state index in [-0.39, 0.29) is 28.2 Å². The molecular weight excluding hydrogens is 276 g/mol. The van der Waals surface area contributed by atoms with Crippen molar-refractivity contribution < 1.29 is 14.6 Å². The molecule has 0 N–H and O–H groups in total. The standard InChI is InChI=1S/C13H8N4O4/c14-15-13(9-3-1-5-11(7-9)16(18)19)10-4-2-6-12(8-10)17(20)21/h1-8H. The lowest BCUT2D eigenvalue weighted by molar-refractivity contribution is -0.385. The predicted octanol–water partition coefficient (Wildman–Crippen LogP) is 2.57. The zero-order chi connectivity index (χ0) is 15.4. The molecule has 0 atom stereocenters. The highest BCUT2D eigenvalue weighted by Crippen LogP contribution is 2.19. The van der Waals surface area contributed by atoms with Crippen LogP contribution < -0.4 is 0 Å². The Morgan fingerprint density at radius 3 is 1.67 bits per heavy atom. The Balaban J connectivity index is 2.53. The molecule has 0 aliphatic heterocycles. The van der Waals surface area contributed by atoms with Crippen LogP contribution in [0.2, 0.25) is 0 Å². The van der Waals surface area contributed by atoms with Crippen molar-refractivity contribution in [3.8, 4) is 0 Å². The van der Waals surface area contributed by atoms with Crippen LogP contribution in [0.1, 0.15) is 11.1 Å². The molecule has 0 saturated carbocycles. The van der Waals surface area contributed by atoms with Crippen molar-refractivity contribution in [2.45, 2.75) is 0 Å². The first kappa shape index (κ1) is 14.0. The van der Waals surface area contributed by atoms with Crippen molar-refractivity contribution in [1.29, 1.82) is 0 Å². The number of non-ortho nitro benzene ring substituents is 2. The van der Waals surface area contributed by atoms with E-state index in [1.54, 1.807) is 0 Å². The number of nitrogens with zero attached hydrogens (tertiary/aromatic N) is 4. The number of rotatable bonds is 4. The number of hydrogen-bond donors (Lipinski definition) is 0. The van der Waals surface area contributed by atoms with E-state index in [0.29, 0.717) is 0 Å². The van der Waals surface area contributed by atoms with Crippen LogP contribution in [0, 0.1) is 20.2 Å². The highest BCUT2D eigenvalue weighted by molar-refractivity contribution is 6.09. The third-order valence-corrected chi connectivity index (χ3v) is 2.76. The Hall–Kier alpha value is -3.38. The van der Waals surface area contributed by atoms with E-state index in [1.165, 1.54) is 48.5 Å². The van der Waals surface area contributed by atoms with Crippen molar-refractivity contribution in [2.75, 3.05) is 0 Å². The van der Waals surface area contributed by atoms with Crippen LogP contribution in [0.15, 0.2) is 48.5 Å². The number of nitro benzene ring substituents is 2. The van der Waals surface area contributed by atoms with Gasteiger partial charge in [0.05, 0.1) is 21.0 Å². The quantitative estimate of drug-likeness (QED) is 0.281. The number of nitro groups is 2. The first-order valence-corrected chi connectivity index (χ1v) is 5.74. The van der Waals surface area contributed by atoms with E-state index in [4.69, 9.17) is 5.53 Å². The average Bonchev–Trinajstić information content (AvgIpc) is 2.48. The molecule has 0 aromatic heterocycles. The van der Waals surface area contributed by atoms with Crippen LogP contribution in [-0.4, -0.2) is 20.3 Å².